The molecule has 4 nitrogen and oxygen atoms in total. The number of unbranched alkanes of at least 4 members (excludes halogenated alkanes) is 9. The Labute approximate surface area is 259 Å². The first-order chi connectivity index (χ1) is 20.7. The summed E-state index contributed by atoms with van der Waals surface area (Å²) in [5.74, 6) is -0.0962. The van der Waals surface area contributed by atoms with Crippen LogP contribution in [0.15, 0.2) is 85.1 Å². The van der Waals surface area contributed by atoms with E-state index < -0.39 is 12.1 Å². The van der Waals surface area contributed by atoms with Crippen molar-refractivity contribution >= 4 is 5.91 Å². The van der Waals surface area contributed by atoms with Crippen LogP contribution in [0.3, 0.4) is 0 Å². The fraction of sp³-hybridized carbons (Fsp3) is 0.605. The van der Waals surface area contributed by atoms with Crippen molar-refractivity contribution in [2.24, 2.45) is 0 Å². The normalized spacial score (nSPS) is 14.3. The van der Waals surface area contributed by atoms with Gasteiger partial charge in [-0.15, -0.1) is 0 Å². The van der Waals surface area contributed by atoms with Gasteiger partial charge >= 0.3 is 0 Å². The number of aliphatic hydroxyl groups is 2. The van der Waals surface area contributed by atoms with Gasteiger partial charge in [0.2, 0.25) is 5.91 Å². The Bertz CT molecular complexity index is 803. The van der Waals surface area contributed by atoms with Crippen LogP contribution in [-0.2, 0) is 4.79 Å². The van der Waals surface area contributed by atoms with Crippen molar-refractivity contribution in [1.29, 1.82) is 0 Å². The molecule has 2 unspecified atom stereocenters. The third-order valence-electron chi connectivity index (χ3n) is 6.84. The van der Waals surface area contributed by atoms with Crippen molar-refractivity contribution in [2.75, 3.05) is 6.61 Å². The highest BCUT2D eigenvalue weighted by molar-refractivity contribution is 5.76. The Kier molecular flexibility index (Phi) is 31.2. The van der Waals surface area contributed by atoms with E-state index in [0.717, 1.165) is 83.5 Å². The zero-order valence-corrected chi connectivity index (χ0v) is 27.0. The SMILES string of the molecule is CC/C=C\C/C=C\C/C=C\C/C=C\C/C=C\CCCCCCCCCC(=O)NC(CO)C(O)/C=C/CC/C=C/CCC. The molecule has 0 aliphatic carbocycles. The summed E-state index contributed by atoms with van der Waals surface area (Å²) in [5.41, 5.74) is 0. The monoisotopic (exact) mass is 581 g/mol. The first-order valence-electron chi connectivity index (χ1n) is 16.8. The second-order valence-corrected chi connectivity index (χ2v) is 10.8. The molecule has 0 saturated heterocycles. The maximum Gasteiger partial charge on any atom is 0.220 e. The second-order valence-electron chi connectivity index (χ2n) is 10.8. The Balaban J connectivity index is 3.67. The lowest BCUT2D eigenvalue weighted by Crippen LogP contribution is -2.45. The highest BCUT2D eigenvalue weighted by Gasteiger charge is 2.17. The molecule has 4 heteroatoms. The van der Waals surface area contributed by atoms with Crippen LogP contribution < -0.4 is 5.32 Å². The summed E-state index contributed by atoms with van der Waals surface area (Å²) in [4.78, 5) is 12.2. The van der Waals surface area contributed by atoms with Gasteiger partial charge in [-0.05, 0) is 70.6 Å². The predicted octanol–water partition coefficient (Wildman–Crippen LogP) is 9.78. The number of amides is 1. The Morgan fingerprint density at radius 2 is 1.07 bits per heavy atom. The van der Waals surface area contributed by atoms with Gasteiger partial charge in [0.25, 0.3) is 0 Å². The highest BCUT2D eigenvalue weighted by atomic mass is 16.3. The zero-order valence-electron chi connectivity index (χ0n) is 27.0. The van der Waals surface area contributed by atoms with Crippen LogP contribution in [-0.4, -0.2) is 34.9 Å². The van der Waals surface area contributed by atoms with Crippen molar-refractivity contribution < 1.29 is 15.0 Å². The molecule has 0 aromatic rings. The van der Waals surface area contributed by atoms with E-state index >= 15 is 0 Å². The maximum atomic E-state index is 12.2. The van der Waals surface area contributed by atoms with Crippen LogP contribution in [0.1, 0.15) is 129 Å². The second kappa shape index (κ2) is 33.1. The molecule has 0 aromatic heterocycles. The molecule has 0 aliphatic heterocycles. The molecular weight excluding hydrogens is 518 g/mol. The summed E-state index contributed by atoms with van der Waals surface area (Å²) in [6.07, 6.45) is 48.2. The van der Waals surface area contributed by atoms with Crippen LogP contribution in [0.25, 0.3) is 0 Å². The number of hydrogen-bond donors (Lipinski definition) is 3. The van der Waals surface area contributed by atoms with Gasteiger partial charge in [0, 0.05) is 6.42 Å². The molecule has 0 rings (SSSR count). The van der Waals surface area contributed by atoms with E-state index in [-0.39, 0.29) is 12.5 Å². The van der Waals surface area contributed by atoms with Crippen LogP contribution in [0.2, 0.25) is 0 Å². The number of hydrogen-bond acceptors (Lipinski definition) is 3. The van der Waals surface area contributed by atoms with Crippen molar-refractivity contribution in [2.45, 2.75) is 142 Å². The average molecular weight is 582 g/mol. The van der Waals surface area contributed by atoms with Crippen LogP contribution in [0, 0.1) is 0 Å². The van der Waals surface area contributed by atoms with E-state index in [1.807, 2.05) is 6.08 Å². The topological polar surface area (TPSA) is 69.6 Å². The smallest absolute Gasteiger partial charge is 0.220 e. The lowest BCUT2D eigenvalue weighted by Gasteiger charge is -2.19. The van der Waals surface area contributed by atoms with Gasteiger partial charge in [0.1, 0.15) is 0 Å². The summed E-state index contributed by atoms with van der Waals surface area (Å²) in [5, 5.41) is 22.6. The minimum absolute atomic E-state index is 0.0962. The first kappa shape index (κ1) is 39.6. The first-order valence-corrected chi connectivity index (χ1v) is 16.8. The molecule has 0 fully saturated rings. The molecule has 238 valence electrons. The summed E-state index contributed by atoms with van der Waals surface area (Å²) in [6.45, 7) is 4.04. The van der Waals surface area contributed by atoms with Gasteiger partial charge in [-0.1, -0.05) is 137 Å². The molecule has 42 heavy (non-hydrogen) atoms. The van der Waals surface area contributed by atoms with E-state index in [0.29, 0.717) is 6.42 Å². The van der Waals surface area contributed by atoms with E-state index in [9.17, 15) is 15.0 Å². The largest absolute Gasteiger partial charge is 0.394 e. The molecule has 1 amide bonds. The Hall–Kier alpha value is -2.43. The molecule has 0 aromatic carbocycles. The van der Waals surface area contributed by atoms with Gasteiger partial charge in [-0.3, -0.25) is 4.79 Å². The molecular formula is C38H63NO3. The number of carbonyl (C=O) groups is 1. The van der Waals surface area contributed by atoms with Gasteiger partial charge in [0.15, 0.2) is 0 Å². The maximum absolute atomic E-state index is 12.2. The Morgan fingerprint density at radius 3 is 1.64 bits per heavy atom. The van der Waals surface area contributed by atoms with E-state index in [2.05, 4.69) is 92.1 Å². The third kappa shape index (κ3) is 29.1. The number of allylic oxidation sites excluding steroid dienone is 13. The minimum Gasteiger partial charge on any atom is -0.394 e. The summed E-state index contributed by atoms with van der Waals surface area (Å²) >= 11 is 0. The third-order valence-corrected chi connectivity index (χ3v) is 6.84. The number of carbonyl (C=O) groups excluding carboxylic acids is 1. The van der Waals surface area contributed by atoms with Crippen molar-refractivity contribution in [1.82, 2.24) is 5.32 Å². The fourth-order valence-corrected chi connectivity index (χ4v) is 4.28. The minimum atomic E-state index is -0.867. The van der Waals surface area contributed by atoms with Crippen LogP contribution in [0.4, 0.5) is 0 Å². The van der Waals surface area contributed by atoms with Crippen LogP contribution >= 0.6 is 0 Å². The lowest BCUT2D eigenvalue weighted by atomic mass is 10.1. The molecule has 2 atom stereocenters. The summed E-state index contributed by atoms with van der Waals surface area (Å²) < 4.78 is 0. The van der Waals surface area contributed by atoms with Crippen LogP contribution in [0.5, 0.6) is 0 Å². The standard InChI is InChI=1S/C38H63NO3/c1-3-5-7-9-11-12-13-14-15-16-17-18-19-20-21-22-23-24-25-26-28-30-32-34-38(42)39-36(35-40)37(41)33-31-29-27-10-8-6-4-2/h5,7-8,10-12,14-15,17-18,20-21,31,33,36-37,40-41H,3-4,6,9,13,16,19,22-30,32,34-35H2,1-2H3,(H,39,42)/b7-5-,10-8+,12-11-,15-14-,18-17-,21-20-,33-31+. The fourth-order valence-electron chi connectivity index (χ4n) is 4.28. The van der Waals surface area contributed by atoms with Gasteiger partial charge in [0.05, 0.1) is 18.8 Å². The number of rotatable bonds is 28. The van der Waals surface area contributed by atoms with Crippen molar-refractivity contribution in [3.63, 3.8) is 0 Å². The average Bonchev–Trinajstić information content (AvgIpc) is 2.99. The number of nitrogens with one attached hydrogen (secondary N) is 1. The summed E-state index contributed by atoms with van der Waals surface area (Å²) in [6, 6.07) is -0.646. The van der Waals surface area contributed by atoms with E-state index in [4.69, 9.17) is 0 Å². The lowest BCUT2D eigenvalue weighted by molar-refractivity contribution is -0.123. The van der Waals surface area contributed by atoms with Gasteiger partial charge in [-0.2, -0.15) is 0 Å². The molecule has 0 radical (unpaired) electrons. The molecule has 3 N–H and O–H groups in total. The van der Waals surface area contributed by atoms with E-state index in [1.165, 1.54) is 25.7 Å². The van der Waals surface area contributed by atoms with Crippen molar-refractivity contribution in [3.8, 4) is 0 Å². The van der Waals surface area contributed by atoms with Gasteiger partial charge < -0.3 is 15.5 Å². The predicted molar refractivity (Wildman–Crippen MR) is 183 cm³/mol. The quantitative estimate of drug-likeness (QED) is 0.0636. The molecule has 0 bridgehead atoms. The molecule has 0 saturated carbocycles. The summed E-state index contributed by atoms with van der Waals surface area (Å²) in [7, 11) is 0. The van der Waals surface area contributed by atoms with Crippen molar-refractivity contribution in [3.05, 3.63) is 85.1 Å². The molecule has 0 spiro atoms. The highest BCUT2D eigenvalue weighted by Crippen LogP contribution is 2.11. The Morgan fingerprint density at radius 1 is 0.595 bits per heavy atom. The van der Waals surface area contributed by atoms with Gasteiger partial charge in [-0.25, -0.2) is 0 Å². The number of aliphatic hydroxyl groups excluding tert-OH is 2. The van der Waals surface area contributed by atoms with E-state index in [1.54, 1.807) is 6.08 Å². The zero-order chi connectivity index (χ0) is 30.8. The molecule has 0 heterocycles. The molecule has 0 aliphatic rings.